The monoisotopic (exact) mass is 324 g/mol. The maximum Gasteiger partial charge on any atom is 0.255 e. The molecule has 2 aromatic carbocycles. The van der Waals surface area contributed by atoms with E-state index >= 15 is 0 Å². The first-order chi connectivity index (χ1) is 11.5. The van der Waals surface area contributed by atoms with Gasteiger partial charge in [-0.3, -0.25) is 9.59 Å². The minimum absolute atomic E-state index is 0.0298. The molecular formula is C17H16N4O3. The molecule has 0 saturated heterocycles. The lowest BCUT2D eigenvalue weighted by atomic mass is 10.2. The maximum atomic E-state index is 12.3. The zero-order valence-electron chi connectivity index (χ0n) is 13.0. The van der Waals surface area contributed by atoms with Gasteiger partial charge in [-0.25, -0.2) is 4.98 Å². The van der Waals surface area contributed by atoms with Crippen molar-refractivity contribution in [2.45, 2.75) is 6.42 Å². The lowest BCUT2D eigenvalue weighted by Crippen LogP contribution is -2.14. The number of nitrogens with one attached hydrogen (secondary N) is 2. The molecule has 0 aliphatic heterocycles. The predicted molar refractivity (Wildman–Crippen MR) is 89.9 cm³/mol. The van der Waals surface area contributed by atoms with E-state index in [9.17, 15) is 9.59 Å². The van der Waals surface area contributed by atoms with Crippen molar-refractivity contribution in [3.8, 4) is 5.75 Å². The van der Waals surface area contributed by atoms with Gasteiger partial charge >= 0.3 is 0 Å². The number of ether oxygens (including phenoxy) is 1. The average molecular weight is 324 g/mol. The lowest BCUT2D eigenvalue weighted by Gasteiger charge is -2.06. The SMILES string of the molecule is COc1ccc(NC(=O)c2ccc3nc(CC(N)=O)[nH]c3c2)cc1. The van der Waals surface area contributed by atoms with E-state index in [-0.39, 0.29) is 12.3 Å². The Labute approximate surface area is 137 Å². The van der Waals surface area contributed by atoms with Crippen molar-refractivity contribution in [2.75, 3.05) is 12.4 Å². The van der Waals surface area contributed by atoms with Gasteiger partial charge < -0.3 is 20.8 Å². The molecule has 122 valence electrons. The molecule has 0 bridgehead atoms. The second kappa shape index (κ2) is 6.41. The van der Waals surface area contributed by atoms with E-state index in [0.29, 0.717) is 33.9 Å². The second-order valence-electron chi connectivity index (χ2n) is 5.24. The number of rotatable bonds is 5. The van der Waals surface area contributed by atoms with Gasteiger partial charge in [-0.1, -0.05) is 0 Å². The summed E-state index contributed by atoms with van der Waals surface area (Å²) in [7, 11) is 1.58. The van der Waals surface area contributed by atoms with E-state index in [0.717, 1.165) is 0 Å². The fourth-order valence-electron chi connectivity index (χ4n) is 2.33. The van der Waals surface area contributed by atoms with Crippen molar-refractivity contribution >= 4 is 28.5 Å². The number of benzene rings is 2. The van der Waals surface area contributed by atoms with Crippen LogP contribution in [0.15, 0.2) is 42.5 Å². The number of carbonyl (C=O) groups is 2. The van der Waals surface area contributed by atoms with E-state index in [2.05, 4.69) is 15.3 Å². The van der Waals surface area contributed by atoms with Crippen LogP contribution in [0.2, 0.25) is 0 Å². The molecule has 3 rings (SSSR count). The normalized spacial score (nSPS) is 10.5. The Morgan fingerprint density at radius 1 is 1.21 bits per heavy atom. The van der Waals surface area contributed by atoms with Crippen LogP contribution in [0.5, 0.6) is 5.75 Å². The molecule has 4 N–H and O–H groups in total. The summed E-state index contributed by atoms with van der Waals surface area (Å²) in [5, 5.41) is 2.81. The molecule has 1 aromatic heterocycles. The van der Waals surface area contributed by atoms with Gasteiger partial charge in [-0.15, -0.1) is 0 Å². The van der Waals surface area contributed by atoms with Crippen LogP contribution in [0.4, 0.5) is 5.69 Å². The highest BCUT2D eigenvalue weighted by atomic mass is 16.5. The second-order valence-corrected chi connectivity index (χ2v) is 5.24. The summed E-state index contributed by atoms with van der Waals surface area (Å²) in [6, 6.07) is 12.1. The van der Waals surface area contributed by atoms with Crippen LogP contribution in [0.3, 0.4) is 0 Å². The number of carbonyl (C=O) groups excluding carboxylic acids is 2. The zero-order valence-corrected chi connectivity index (χ0v) is 13.0. The third-order valence-electron chi connectivity index (χ3n) is 3.48. The number of fused-ring (bicyclic) bond motifs is 1. The summed E-state index contributed by atoms with van der Waals surface area (Å²) in [6.45, 7) is 0. The number of aromatic amines is 1. The number of H-pyrrole nitrogens is 1. The number of primary amides is 1. The van der Waals surface area contributed by atoms with Crippen molar-refractivity contribution in [2.24, 2.45) is 5.73 Å². The topological polar surface area (TPSA) is 110 Å². The molecule has 0 fully saturated rings. The van der Waals surface area contributed by atoms with E-state index in [1.165, 1.54) is 0 Å². The number of nitrogens with zero attached hydrogens (tertiary/aromatic N) is 1. The van der Waals surface area contributed by atoms with Crippen LogP contribution in [0.1, 0.15) is 16.2 Å². The van der Waals surface area contributed by atoms with Gasteiger partial charge in [-0.2, -0.15) is 0 Å². The number of methoxy groups -OCH3 is 1. The molecule has 0 radical (unpaired) electrons. The first kappa shape index (κ1) is 15.5. The fourth-order valence-corrected chi connectivity index (χ4v) is 2.33. The average Bonchev–Trinajstić information content (AvgIpc) is 2.95. The first-order valence-electron chi connectivity index (χ1n) is 7.27. The zero-order chi connectivity index (χ0) is 17.1. The van der Waals surface area contributed by atoms with Gasteiger partial charge in [0.1, 0.15) is 11.6 Å². The minimum Gasteiger partial charge on any atom is -0.497 e. The summed E-state index contributed by atoms with van der Waals surface area (Å²) in [4.78, 5) is 30.6. The predicted octanol–water partition coefficient (Wildman–Crippen LogP) is 1.85. The molecule has 0 unspecified atom stereocenters. The Morgan fingerprint density at radius 3 is 2.62 bits per heavy atom. The van der Waals surface area contributed by atoms with Crippen molar-refractivity contribution in [1.82, 2.24) is 9.97 Å². The highest BCUT2D eigenvalue weighted by molar-refractivity contribution is 6.06. The van der Waals surface area contributed by atoms with Crippen LogP contribution in [-0.4, -0.2) is 28.9 Å². The highest BCUT2D eigenvalue weighted by Gasteiger charge is 2.10. The van der Waals surface area contributed by atoms with E-state index in [1.54, 1.807) is 49.6 Å². The summed E-state index contributed by atoms with van der Waals surface area (Å²) in [5.41, 5.74) is 7.65. The van der Waals surface area contributed by atoms with Gasteiger partial charge in [0.05, 0.1) is 24.6 Å². The van der Waals surface area contributed by atoms with Crippen LogP contribution < -0.4 is 15.8 Å². The molecule has 0 saturated carbocycles. The molecule has 3 aromatic rings. The molecule has 2 amide bonds. The number of anilines is 1. The molecule has 7 nitrogen and oxygen atoms in total. The van der Waals surface area contributed by atoms with Crippen molar-refractivity contribution in [3.05, 3.63) is 53.9 Å². The van der Waals surface area contributed by atoms with Crippen molar-refractivity contribution in [1.29, 1.82) is 0 Å². The maximum absolute atomic E-state index is 12.3. The number of aromatic nitrogens is 2. The Hall–Kier alpha value is -3.35. The molecular weight excluding hydrogens is 308 g/mol. The number of amides is 2. The molecule has 0 aliphatic rings. The third kappa shape index (κ3) is 3.35. The lowest BCUT2D eigenvalue weighted by molar-refractivity contribution is -0.117. The Balaban J connectivity index is 1.79. The highest BCUT2D eigenvalue weighted by Crippen LogP contribution is 2.18. The van der Waals surface area contributed by atoms with E-state index in [4.69, 9.17) is 10.5 Å². The first-order valence-corrected chi connectivity index (χ1v) is 7.27. The Bertz CT molecular complexity index is 900. The fraction of sp³-hybridized carbons (Fsp3) is 0.118. The Morgan fingerprint density at radius 2 is 1.96 bits per heavy atom. The summed E-state index contributed by atoms with van der Waals surface area (Å²) in [6.07, 6.45) is 0.0298. The van der Waals surface area contributed by atoms with Crippen LogP contribution in [0, 0.1) is 0 Å². The summed E-state index contributed by atoms with van der Waals surface area (Å²) >= 11 is 0. The van der Waals surface area contributed by atoms with Gasteiger partial charge in [-0.05, 0) is 42.5 Å². The summed E-state index contributed by atoms with van der Waals surface area (Å²) in [5.74, 6) is 0.485. The number of hydrogen-bond donors (Lipinski definition) is 3. The van der Waals surface area contributed by atoms with Gasteiger partial charge in [0.25, 0.3) is 5.91 Å². The smallest absolute Gasteiger partial charge is 0.255 e. The van der Waals surface area contributed by atoms with E-state index in [1.807, 2.05) is 0 Å². The molecule has 0 atom stereocenters. The van der Waals surface area contributed by atoms with Gasteiger partial charge in [0.15, 0.2) is 0 Å². The van der Waals surface area contributed by atoms with Gasteiger partial charge in [0, 0.05) is 11.3 Å². The van der Waals surface area contributed by atoms with Crippen LogP contribution in [-0.2, 0) is 11.2 Å². The minimum atomic E-state index is -0.466. The molecule has 7 heteroatoms. The van der Waals surface area contributed by atoms with Crippen LogP contribution >= 0.6 is 0 Å². The number of hydrogen-bond acceptors (Lipinski definition) is 4. The third-order valence-corrected chi connectivity index (χ3v) is 3.48. The number of imidazole rings is 1. The molecule has 1 heterocycles. The quantitative estimate of drug-likeness (QED) is 0.665. The van der Waals surface area contributed by atoms with Crippen molar-refractivity contribution in [3.63, 3.8) is 0 Å². The summed E-state index contributed by atoms with van der Waals surface area (Å²) < 4.78 is 5.08. The molecule has 0 spiro atoms. The largest absolute Gasteiger partial charge is 0.497 e. The van der Waals surface area contributed by atoms with Gasteiger partial charge in [0.2, 0.25) is 5.91 Å². The molecule has 0 aliphatic carbocycles. The van der Waals surface area contributed by atoms with Crippen LogP contribution in [0.25, 0.3) is 11.0 Å². The van der Waals surface area contributed by atoms with Crippen molar-refractivity contribution < 1.29 is 14.3 Å². The van der Waals surface area contributed by atoms with E-state index < -0.39 is 5.91 Å². The molecule has 24 heavy (non-hydrogen) atoms. The number of nitrogens with two attached hydrogens (primary N) is 1. The standard InChI is InChI=1S/C17H16N4O3/c1-24-12-5-3-11(4-6-12)19-17(23)10-2-7-13-14(8-10)21-16(20-13)9-15(18)22/h2-8H,9H2,1H3,(H2,18,22)(H,19,23)(H,20,21). The Kier molecular flexibility index (Phi) is 4.15.